The largest absolute Gasteiger partial charge is 0.456 e. The number of ether oxygens (including phenoxy) is 1. The molecular formula is C22H28N2O2. The summed E-state index contributed by atoms with van der Waals surface area (Å²) in [6.45, 7) is 8.71. The van der Waals surface area contributed by atoms with Gasteiger partial charge >= 0.3 is 5.97 Å². The molecule has 0 radical (unpaired) electrons. The first kappa shape index (κ1) is 17.3. The molecule has 1 aromatic carbocycles. The number of hydrogen-bond donors (Lipinski definition) is 0. The fraction of sp³-hybridized carbons (Fsp3) is 0.500. The van der Waals surface area contributed by atoms with Gasteiger partial charge in [0.25, 0.3) is 0 Å². The van der Waals surface area contributed by atoms with Gasteiger partial charge in [-0.15, -0.1) is 0 Å². The fourth-order valence-electron chi connectivity index (χ4n) is 4.33. The van der Waals surface area contributed by atoms with Gasteiger partial charge < -0.3 is 9.30 Å². The molecule has 2 heterocycles. The van der Waals surface area contributed by atoms with Gasteiger partial charge in [-0.25, -0.2) is 4.79 Å². The fourth-order valence-corrected chi connectivity index (χ4v) is 4.33. The number of rotatable bonds is 3. The third kappa shape index (κ3) is 3.30. The number of aromatic nitrogens is 1. The normalized spacial score (nSPS) is 19.9. The quantitative estimate of drug-likeness (QED) is 0.771. The first-order chi connectivity index (χ1) is 12.4. The van der Waals surface area contributed by atoms with Gasteiger partial charge in [-0.3, -0.25) is 4.90 Å². The van der Waals surface area contributed by atoms with Gasteiger partial charge in [0.05, 0.1) is 11.6 Å². The average Bonchev–Trinajstić information content (AvgIpc) is 2.97. The molecule has 1 atom stereocenters. The monoisotopic (exact) mass is 352 g/mol. The molecule has 1 unspecified atom stereocenters. The summed E-state index contributed by atoms with van der Waals surface area (Å²) in [5, 5.41) is 0. The molecular weight excluding hydrogens is 324 g/mol. The van der Waals surface area contributed by atoms with E-state index in [0.717, 1.165) is 44.5 Å². The molecule has 4 nitrogen and oxygen atoms in total. The lowest BCUT2D eigenvalue weighted by Gasteiger charge is -2.40. The molecule has 1 aliphatic carbocycles. The second kappa shape index (κ2) is 6.58. The van der Waals surface area contributed by atoms with E-state index in [2.05, 4.69) is 39.8 Å². The lowest BCUT2D eigenvalue weighted by molar-refractivity contribution is 0.00682. The van der Waals surface area contributed by atoms with E-state index >= 15 is 0 Å². The SMILES string of the molecule is CC(C)(C)OC(=O)c1cn2c3c1CCCC3N(Cc1ccccc1)CC2. The van der Waals surface area contributed by atoms with E-state index in [1.165, 1.54) is 16.8 Å². The molecule has 2 aliphatic rings. The van der Waals surface area contributed by atoms with Gasteiger partial charge in [-0.05, 0) is 51.2 Å². The molecule has 0 saturated carbocycles. The number of carbonyl (C=O) groups is 1. The van der Waals surface area contributed by atoms with Crippen LogP contribution >= 0.6 is 0 Å². The maximum absolute atomic E-state index is 12.7. The van der Waals surface area contributed by atoms with Gasteiger partial charge in [-0.1, -0.05) is 30.3 Å². The summed E-state index contributed by atoms with van der Waals surface area (Å²) in [6, 6.07) is 11.1. The van der Waals surface area contributed by atoms with Crippen LogP contribution in [-0.4, -0.2) is 27.6 Å². The molecule has 0 amide bonds. The van der Waals surface area contributed by atoms with E-state index in [1.54, 1.807) is 0 Å². The van der Waals surface area contributed by atoms with Crippen molar-refractivity contribution in [2.24, 2.45) is 0 Å². The minimum Gasteiger partial charge on any atom is -0.456 e. The lowest BCUT2D eigenvalue weighted by atomic mass is 9.89. The van der Waals surface area contributed by atoms with Crippen LogP contribution in [0, 0.1) is 0 Å². The zero-order valence-electron chi connectivity index (χ0n) is 16.0. The number of esters is 1. The summed E-state index contributed by atoms with van der Waals surface area (Å²) in [5.74, 6) is -0.176. The van der Waals surface area contributed by atoms with Gasteiger partial charge in [0, 0.05) is 31.5 Å². The highest BCUT2D eigenvalue weighted by atomic mass is 16.6. The summed E-state index contributed by atoms with van der Waals surface area (Å²) in [5.41, 5.74) is 4.24. The van der Waals surface area contributed by atoms with E-state index in [0.29, 0.717) is 6.04 Å². The Hall–Kier alpha value is -2.07. The molecule has 1 aromatic heterocycles. The van der Waals surface area contributed by atoms with Crippen molar-refractivity contribution in [3.8, 4) is 0 Å². The number of nitrogens with zero attached hydrogens (tertiary/aromatic N) is 2. The number of benzene rings is 1. The molecule has 4 heteroatoms. The number of carbonyl (C=O) groups excluding carboxylic acids is 1. The van der Waals surface area contributed by atoms with Crippen LogP contribution in [0.3, 0.4) is 0 Å². The van der Waals surface area contributed by atoms with Crippen LogP contribution < -0.4 is 0 Å². The Bertz CT molecular complexity index is 802. The summed E-state index contributed by atoms with van der Waals surface area (Å²) in [6.07, 6.45) is 5.31. The summed E-state index contributed by atoms with van der Waals surface area (Å²) >= 11 is 0. The van der Waals surface area contributed by atoms with Crippen molar-refractivity contribution in [3.05, 3.63) is 58.9 Å². The maximum Gasteiger partial charge on any atom is 0.340 e. The summed E-state index contributed by atoms with van der Waals surface area (Å²) < 4.78 is 7.97. The Kier molecular flexibility index (Phi) is 4.39. The topological polar surface area (TPSA) is 34.5 Å². The molecule has 0 fully saturated rings. The molecule has 2 aromatic rings. The first-order valence-electron chi connectivity index (χ1n) is 9.65. The van der Waals surface area contributed by atoms with Gasteiger partial charge in [0.15, 0.2) is 0 Å². The molecule has 0 spiro atoms. The van der Waals surface area contributed by atoms with E-state index in [9.17, 15) is 4.79 Å². The molecule has 26 heavy (non-hydrogen) atoms. The Morgan fingerprint density at radius 2 is 1.96 bits per heavy atom. The molecule has 0 saturated heterocycles. The van der Waals surface area contributed by atoms with Crippen LogP contribution in [-0.2, 0) is 24.2 Å². The van der Waals surface area contributed by atoms with Crippen molar-refractivity contribution in [1.82, 2.24) is 9.47 Å². The van der Waals surface area contributed by atoms with Crippen LogP contribution in [0.1, 0.15) is 66.8 Å². The van der Waals surface area contributed by atoms with E-state index in [4.69, 9.17) is 4.74 Å². The highest BCUT2D eigenvalue weighted by molar-refractivity contribution is 5.92. The van der Waals surface area contributed by atoms with E-state index in [1.807, 2.05) is 27.0 Å². The van der Waals surface area contributed by atoms with Crippen LogP contribution in [0.4, 0.5) is 0 Å². The highest BCUT2D eigenvalue weighted by Gasteiger charge is 2.36. The molecule has 1 aliphatic heterocycles. The van der Waals surface area contributed by atoms with Crippen LogP contribution in [0.2, 0.25) is 0 Å². The molecule has 0 bridgehead atoms. The second-order valence-corrected chi connectivity index (χ2v) is 8.47. The predicted octanol–water partition coefficient (Wildman–Crippen LogP) is 4.34. The van der Waals surface area contributed by atoms with Crippen LogP contribution in [0.5, 0.6) is 0 Å². The van der Waals surface area contributed by atoms with E-state index in [-0.39, 0.29) is 5.97 Å². The van der Waals surface area contributed by atoms with Gasteiger partial charge in [-0.2, -0.15) is 0 Å². The van der Waals surface area contributed by atoms with Crippen molar-refractivity contribution in [1.29, 1.82) is 0 Å². The Morgan fingerprint density at radius 1 is 1.19 bits per heavy atom. The zero-order chi connectivity index (χ0) is 18.3. The zero-order valence-corrected chi connectivity index (χ0v) is 16.0. The van der Waals surface area contributed by atoms with E-state index < -0.39 is 5.60 Å². The van der Waals surface area contributed by atoms with Crippen molar-refractivity contribution in [3.63, 3.8) is 0 Å². The molecule has 4 rings (SSSR count). The van der Waals surface area contributed by atoms with Crippen molar-refractivity contribution in [2.45, 2.75) is 64.8 Å². The summed E-state index contributed by atoms with van der Waals surface area (Å²) in [7, 11) is 0. The van der Waals surface area contributed by atoms with Crippen molar-refractivity contribution in [2.75, 3.05) is 6.54 Å². The summed E-state index contributed by atoms with van der Waals surface area (Å²) in [4.78, 5) is 15.3. The molecule has 0 N–H and O–H groups in total. The van der Waals surface area contributed by atoms with Gasteiger partial charge in [0.1, 0.15) is 5.60 Å². The first-order valence-corrected chi connectivity index (χ1v) is 9.65. The molecule has 138 valence electrons. The third-order valence-corrected chi connectivity index (χ3v) is 5.36. The Balaban J connectivity index is 1.63. The smallest absolute Gasteiger partial charge is 0.340 e. The Morgan fingerprint density at radius 3 is 2.69 bits per heavy atom. The minimum absolute atomic E-state index is 0.176. The third-order valence-electron chi connectivity index (χ3n) is 5.36. The van der Waals surface area contributed by atoms with Gasteiger partial charge in [0.2, 0.25) is 0 Å². The standard InChI is InChI=1S/C22H28N2O2/c1-22(2,3)26-21(25)18-15-24-13-12-23(14-16-8-5-4-6-9-16)19-11-7-10-17(18)20(19)24/h4-6,8-9,15,19H,7,10-14H2,1-3H3. The minimum atomic E-state index is -0.459. The van der Waals surface area contributed by atoms with Crippen molar-refractivity contribution >= 4 is 5.97 Å². The average molecular weight is 352 g/mol. The lowest BCUT2D eigenvalue weighted by Crippen LogP contribution is -2.39. The second-order valence-electron chi connectivity index (χ2n) is 8.47. The number of hydrogen-bond acceptors (Lipinski definition) is 3. The maximum atomic E-state index is 12.7. The predicted molar refractivity (Wildman–Crippen MR) is 102 cm³/mol. The van der Waals surface area contributed by atoms with Crippen LogP contribution in [0.15, 0.2) is 36.5 Å². The Labute approximate surface area is 155 Å². The highest BCUT2D eigenvalue weighted by Crippen LogP contribution is 2.40. The van der Waals surface area contributed by atoms with Crippen LogP contribution in [0.25, 0.3) is 0 Å². The van der Waals surface area contributed by atoms with Crippen molar-refractivity contribution < 1.29 is 9.53 Å².